The summed E-state index contributed by atoms with van der Waals surface area (Å²) in [6.07, 6.45) is 5.85. The number of nitrogens with one attached hydrogen (secondary N) is 1. The van der Waals surface area contributed by atoms with Gasteiger partial charge in [0.1, 0.15) is 18.2 Å². The van der Waals surface area contributed by atoms with Crippen LogP contribution in [0, 0.1) is 6.42 Å². The zero-order chi connectivity index (χ0) is 18.0. The summed E-state index contributed by atoms with van der Waals surface area (Å²) in [5.41, 5.74) is 1.30. The molecular weight excluding hydrogens is 322 g/mol. The van der Waals surface area contributed by atoms with Crippen molar-refractivity contribution < 1.29 is 19.4 Å². The first-order chi connectivity index (χ1) is 12.0. The molecule has 7 nitrogen and oxygen atoms in total. The highest BCUT2D eigenvalue weighted by Gasteiger charge is 2.26. The molecule has 2 aromatic rings. The highest BCUT2D eigenvalue weighted by Crippen LogP contribution is 2.26. The Morgan fingerprint density at radius 1 is 1.52 bits per heavy atom. The molecule has 0 spiro atoms. The summed E-state index contributed by atoms with van der Waals surface area (Å²) in [5, 5.41) is 22.8. The van der Waals surface area contributed by atoms with E-state index in [-0.39, 0.29) is 23.1 Å². The first-order valence-corrected chi connectivity index (χ1v) is 8.00. The van der Waals surface area contributed by atoms with Gasteiger partial charge in [0.2, 0.25) is 5.78 Å². The molecule has 0 unspecified atom stereocenters. The largest absolute Gasteiger partial charge is 0.460 e. The predicted molar refractivity (Wildman–Crippen MR) is 90.9 cm³/mol. The number of hydrogen-bond acceptors (Lipinski definition) is 7. The van der Waals surface area contributed by atoms with Crippen molar-refractivity contribution in [1.29, 1.82) is 0 Å². The SMILES string of the molecule is C=C(C)[C@H](O)c1coc(C(=O)c2cncnc2N[C@@H]2C[CH][C@H](O)C2)c1. The Hall–Kier alpha value is -2.51. The number of aliphatic hydroxyl groups is 2. The van der Waals surface area contributed by atoms with Gasteiger partial charge < -0.3 is 19.9 Å². The van der Waals surface area contributed by atoms with Gasteiger partial charge in [-0.3, -0.25) is 4.79 Å². The molecule has 131 valence electrons. The Bertz CT molecular complexity index is 786. The van der Waals surface area contributed by atoms with Crippen LogP contribution in [0.1, 0.15) is 47.6 Å². The van der Waals surface area contributed by atoms with Gasteiger partial charge in [0.25, 0.3) is 0 Å². The van der Waals surface area contributed by atoms with Gasteiger partial charge in [0.05, 0.1) is 17.9 Å². The summed E-state index contributed by atoms with van der Waals surface area (Å²) in [4.78, 5) is 20.8. The molecular formula is C18H20N3O4. The minimum absolute atomic E-state index is 0.00819. The lowest BCUT2D eigenvalue weighted by Gasteiger charge is -2.14. The monoisotopic (exact) mass is 342 g/mol. The van der Waals surface area contributed by atoms with Gasteiger partial charge >= 0.3 is 0 Å². The lowest BCUT2D eigenvalue weighted by Crippen LogP contribution is -2.20. The fraction of sp³-hybridized carbons (Fsp3) is 0.333. The number of carbonyl (C=O) groups is 1. The minimum Gasteiger partial charge on any atom is -0.460 e. The molecule has 2 heterocycles. The van der Waals surface area contributed by atoms with Crippen molar-refractivity contribution in [3.05, 3.63) is 60.3 Å². The molecule has 1 radical (unpaired) electrons. The Balaban J connectivity index is 1.82. The van der Waals surface area contributed by atoms with E-state index < -0.39 is 12.2 Å². The van der Waals surface area contributed by atoms with Crippen molar-refractivity contribution in [1.82, 2.24) is 9.97 Å². The van der Waals surface area contributed by atoms with E-state index in [2.05, 4.69) is 21.9 Å². The zero-order valence-electron chi connectivity index (χ0n) is 13.8. The summed E-state index contributed by atoms with van der Waals surface area (Å²) in [5.74, 6) is 0.0999. The lowest BCUT2D eigenvalue weighted by molar-refractivity contribution is 0.101. The number of rotatable bonds is 6. The number of nitrogens with zero attached hydrogens (tertiary/aromatic N) is 2. The fourth-order valence-corrected chi connectivity index (χ4v) is 2.76. The van der Waals surface area contributed by atoms with E-state index in [4.69, 9.17) is 4.42 Å². The van der Waals surface area contributed by atoms with Crippen LogP contribution in [0.5, 0.6) is 0 Å². The lowest BCUT2D eigenvalue weighted by atomic mass is 10.1. The number of carbonyl (C=O) groups excluding carboxylic acids is 1. The molecule has 1 fully saturated rings. The van der Waals surface area contributed by atoms with Crippen LogP contribution in [0.3, 0.4) is 0 Å². The second-order valence-electron chi connectivity index (χ2n) is 6.22. The number of anilines is 1. The normalized spacial score (nSPS) is 21.1. The van der Waals surface area contributed by atoms with Gasteiger partial charge in [0.15, 0.2) is 5.76 Å². The molecule has 25 heavy (non-hydrogen) atoms. The topological polar surface area (TPSA) is 108 Å². The van der Waals surface area contributed by atoms with Gasteiger partial charge in [-0.15, -0.1) is 0 Å². The molecule has 0 aromatic carbocycles. The Labute approximate surface area is 145 Å². The average Bonchev–Trinajstić information content (AvgIpc) is 3.23. The molecule has 3 atom stereocenters. The van der Waals surface area contributed by atoms with Crippen LogP contribution in [0.15, 0.2) is 41.4 Å². The molecule has 3 N–H and O–H groups in total. The number of furan rings is 1. The third-order valence-electron chi connectivity index (χ3n) is 4.14. The number of hydrogen-bond donors (Lipinski definition) is 3. The smallest absolute Gasteiger partial charge is 0.233 e. The van der Waals surface area contributed by atoms with Crippen LogP contribution < -0.4 is 5.32 Å². The number of ketones is 1. The summed E-state index contributed by atoms with van der Waals surface area (Å²) < 4.78 is 5.31. The van der Waals surface area contributed by atoms with E-state index in [1.807, 2.05) is 6.42 Å². The number of aromatic nitrogens is 2. The average molecular weight is 342 g/mol. The molecule has 3 rings (SSSR count). The predicted octanol–water partition coefficient (Wildman–Crippen LogP) is 2.05. The van der Waals surface area contributed by atoms with Crippen LogP contribution in [0.2, 0.25) is 0 Å². The van der Waals surface area contributed by atoms with Gasteiger partial charge in [-0.25, -0.2) is 9.97 Å². The minimum atomic E-state index is -0.884. The maximum absolute atomic E-state index is 12.7. The van der Waals surface area contributed by atoms with Gasteiger partial charge in [-0.1, -0.05) is 6.58 Å². The Kier molecular flexibility index (Phi) is 4.96. The van der Waals surface area contributed by atoms with Crippen LogP contribution >= 0.6 is 0 Å². The van der Waals surface area contributed by atoms with E-state index in [1.54, 1.807) is 6.92 Å². The van der Waals surface area contributed by atoms with Crippen molar-refractivity contribution in [2.45, 2.75) is 38.0 Å². The van der Waals surface area contributed by atoms with Crippen molar-refractivity contribution in [3.63, 3.8) is 0 Å². The first kappa shape index (κ1) is 17.3. The first-order valence-electron chi connectivity index (χ1n) is 8.00. The van der Waals surface area contributed by atoms with E-state index in [0.29, 0.717) is 29.8 Å². The third kappa shape index (κ3) is 3.78. The molecule has 0 aliphatic heterocycles. The molecule has 0 amide bonds. The van der Waals surface area contributed by atoms with E-state index >= 15 is 0 Å². The zero-order valence-corrected chi connectivity index (χ0v) is 13.8. The van der Waals surface area contributed by atoms with Crippen LogP contribution in [0.25, 0.3) is 0 Å². The van der Waals surface area contributed by atoms with Crippen LogP contribution in [0.4, 0.5) is 5.82 Å². The molecule has 0 bridgehead atoms. The van der Waals surface area contributed by atoms with Gasteiger partial charge in [0, 0.05) is 17.8 Å². The summed E-state index contributed by atoms with van der Waals surface area (Å²) >= 11 is 0. The van der Waals surface area contributed by atoms with Crippen molar-refractivity contribution in [2.75, 3.05) is 5.32 Å². The van der Waals surface area contributed by atoms with Crippen molar-refractivity contribution in [3.8, 4) is 0 Å². The molecule has 1 aliphatic rings. The third-order valence-corrected chi connectivity index (χ3v) is 4.14. The second-order valence-corrected chi connectivity index (χ2v) is 6.22. The molecule has 1 saturated carbocycles. The molecule has 0 saturated heterocycles. The van der Waals surface area contributed by atoms with Crippen molar-refractivity contribution >= 4 is 11.6 Å². The van der Waals surface area contributed by atoms with Gasteiger partial charge in [-0.2, -0.15) is 0 Å². The second kappa shape index (κ2) is 7.16. The van der Waals surface area contributed by atoms with Crippen LogP contribution in [-0.4, -0.2) is 38.1 Å². The highest BCUT2D eigenvalue weighted by molar-refractivity contribution is 6.10. The molecule has 1 aliphatic carbocycles. The van der Waals surface area contributed by atoms with E-state index in [1.165, 1.54) is 24.9 Å². The number of aliphatic hydroxyl groups excluding tert-OH is 2. The Morgan fingerprint density at radius 2 is 2.32 bits per heavy atom. The summed E-state index contributed by atoms with van der Waals surface area (Å²) in [6, 6.07) is 1.50. The van der Waals surface area contributed by atoms with Crippen LogP contribution in [-0.2, 0) is 0 Å². The molecule has 7 heteroatoms. The van der Waals surface area contributed by atoms with Gasteiger partial charge in [-0.05, 0) is 37.8 Å². The fourth-order valence-electron chi connectivity index (χ4n) is 2.76. The quantitative estimate of drug-likeness (QED) is 0.544. The Morgan fingerprint density at radius 3 is 3.00 bits per heavy atom. The van der Waals surface area contributed by atoms with E-state index in [0.717, 1.165) is 0 Å². The molecule has 2 aromatic heterocycles. The maximum Gasteiger partial charge on any atom is 0.233 e. The summed E-state index contributed by atoms with van der Waals surface area (Å²) in [7, 11) is 0. The maximum atomic E-state index is 12.7. The van der Waals surface area contributed by atoms with Crippen molar-refractivity contribution in [2.24, 2.45) is 0 Å². The highest BCUT2D eigenvalue weighted by atomic mass is 16.3. The summed E-state index contributed by atoms with van der Waals surface area (Å²) in [6.45, 7) is 5.39. The standard InChI is InChI=1S/C18H20N3O4/c1-10(2)16(23)11-5-15(25-8-11)17(24)14-7-19-9-20-18(14)21-12-3-4-13(22)6-12/h4-5,7-9,12-13,16,22-23H,1,3,6H2,2H3,(H,19,20,21)/t12-,13+,16+/m1/s1. The van der Waals surface area contributed by atoms with E-state index in [9.17, 15) is 15.0 Å².